The van der Waals surface area contributed by atoms with Gasteiger partial charge in [0.1, 0.15) is 7.28 Å². The molecule has 13 heavy (non-hydrogen) atoms. The van der Waals surface area contributed by atoms with E-state index in [1.165, 1.54) is 38.4 Å². The summed E-state index contributed by atoms with van der Waals surface area (Å²) < 4.78 is 0. The van der Waals surface area contributed by atoms with Crippen molar-refractivity contribution < 1.29 is 0 Å². The zero-order valence-corrected chi connectivity index (χ0v) is 9.97. The van der Waals surface area contributed by atoms with Crippen molar-refractivity contribution in [1.29, 1.82) is 0 Å². The van der Waals surface area contributed by atoms with Crippen molar-refractivity contribution in [3.63, 3.8) is 0 Å². The Bertz CT molecular complexity index is 101. The molecular weight excluding hydrogens is 155 g/mol. The summed E-state index contributed by atoms with van der Waals surface area (Å²) in [5.74, 6) is 1.85. The molecule has 2 atom stereocenters. The minimum absolute atomic E-state index is 0.923. The number of hydrogen-bond donors (Lipinski definition) is 0. The lowest BCUT2D eigenvalue weighted by molar-refractivity contribution is 0.333. The van der Waals surface area contributed by atoms with Crippen molar-refractivity contribution in [1.82, 2.24) is 0 Å². The van der Waals surface area contributed by atoms with Crippen LogP contribution in [0.15, 0.2) is 0 Å². The standard InChI is InChI=1S/C12H26B/c1-5-6-8-11(2)12(3)9-7-10-13-4/h11-12H,5-10H2,1-4H3. The molecule has 1 radical (unpaired) electrons. The molecule has 0 spiro atoms. The first kappa shape index (κ1) is 13.1. The second kappa shape index (κ2) is 8.65. The lowest BCUT2D eigenvalue weighted by Gasteiger charge is -2.19. The van der Waals surface area contributed by atoms with Crippen molar-refractivity contribution in [3.8, 4) is 0 Å². The van der Waals surface area contributed by atoms with E-state index in [1.54, 1.807) is 0 Å². The molecule has 0 amide bonds. The third-order valence-electron chi connectivity index (χ3n) is 3.14. The average molecular weight is 181 g/mol. The van der Waals surface area contributed by atoms with Crippen LogP contribution in [0.1, 0.15) is 52.9 Å². The van der Waals surface area contributed by atoms with Crippen LogP contribution in [0.2, 0.25) is 13.1 Å². The maximum atomic E-state index is 2.41. The Morgan fingerprint density at radius 2 is 1.54 bits per heavy atom. The van der Waals surface area contributed by atoms with Gasteiger partial charge in [0.2, 0.25) is 0 Å². The fourth-order valence-electron chi connectivity index (χ4n) is 1.74. The van der Waals surface area contributed by atoms with Gasteiger partial charge in [-0.15, -0.1) is 0 Å². The van der Waals surface area contributed by atoms with Crippen molar-refractivity contribution in [2.45, 2.75) is 66.0 Å². The fourth-order valence-corrected chi connectivity index (χ4v) is 1.74. The molecule has 0 aromatic rings. The Hall–Kier alpha value is 0.0649. The SMILES string of the molecule is C[B]CCCC(C)C(C)CCCC. The molecule has 0 saturated heterocycles. The molecule has 0 aromatic heterocycles. The van der Waals surface area contributed by atoms with Gasteiger partial charge in [-0.1, -0.05) is 66.0 Å². The van der Waals surface area contributed by atoms with Crippen LogP contribution in [0.3, 0.4) is 0 Å². The molecule has 0 fully saturated rings. The first-order chi connectivity index (χ1) is 6.22. The molecule has 0 nitrogen and oxygen atoms in total. The van der Waals surface area contributed by atoms with E-state index in [2.05, 4.69) is 34.9 Å². The summed E-state index contributed by atoms with van der Waals surface area (Å²) in [6.45, 7) is 9.26. The molecule has 0 heterocycles. The maximum absolute atomic E-state index is 2.41. The smallest absolute Gasteiger partial charge is 0.0920 e. The van der Waals surface area contributed by atoms with E-state index in [0.717, 1.165) is 11.8 Å². The van der Waals surface area contributed by atoms with Gasteiger partial charge >= 0.3 is 0 Å². The van der Waals surface area contributed by atoms with Gasteiger partial charge < -0.3 is 0 Å². The van der Waals surface area contributed by atoms with Crippen LogP contribution >= 0.6 is 0 Å². The normalized spacial score (nSPS) is 15.4. The topological polar surface area (TPSA) is 0 Å². The van der Waals surface area contributed by atoms with E-state index in [1.807, 2.05) is 0 Å². The fraction of sp³-hybridized carbons (Fsp3) is 1.00. The Kier molecular flexibility index (Phi) is 8.70. The Labute approximate surface area is 85.7 Å². The average Bonchev–Trinajstić information content (AvgIpc) is 2.14. The summed E-state index contributed by atoms with van der Waals surface area (Å²) >= 11 is 0. The predicted molar refractivity (Wildman–Crippen MR) is 63.5 cm³/mol. The highest BCUT2D eigenvalue weighted by Gasteiger charge is 2.10. The summed E-state index contributed by atoms with van der Waals surface area (Å²) in [4.78, 5) is 0. The Morgan fingerprint density at radius 1 is 1.00 bits per heavy atom. The monoisotopic (exact) mass is 181 g/mol. The van der Waals surface area contributed by atoms with Crippen LogP contribution < -0.4 is 0 Å². The molecule has 0 aliphatic carbocycles. The molecule has 0 bridgehead atoms. The molecule has 2 unspecified atom stereocenters. The summed E-state index contributed by atoms with van der Waals surface area (Å²) in [5.41, 5.74) is 0. The van der Waals surface area contributed by atoms with E-state index < -0.39 is 0 Å². The van der Waals surface area contributed by atoms with Crippen molar-refractivity contribution >= 4 is 7.28 Å². The molecule has 77 valence electrons. The molecular formula is C12H26B. The third-order valence-corrected chi connectivity index (χ3v) is 3.14. The van der Waals surface area contributed by atoms with Crippen LogP contribution in [0.25, 0.3) is 0 Å². The summed E-state index contributed by atoms with van der Waals surface area (Å²) in [5, 5.41) is 0. The lowest BCUT2D eigenvalue weighted by atomic mass is 9.74. The van der Waals surface area contributed by atoms with Crippen LogP contribution in [-0.4, -0.2) is 7.28 Å². The molecule has 0 aromatic carbocycles. The summed E-state index contributed by atoms with van der Waals surface area (Å²) in [6.07, 6.45) is 8.27. The van der Waals surface area contributed by atoms with Crippen molar-refractivity contribution in [2.24, 2.45) is 11.8 Å². The summed E-state index contributed by atoms with van der Waals surface area (Å²) in [7, 11) is 2.28. The third kappa shape index (κ3) is 7.16. The summed E-state index contributed by atoms with van der Waals surface area (Å²) in [6, 6.07) is 0. The minimum Gasteiger partial charge on any atom is -0.0920 e. The minimum atomic E-state index is 0.923. The molecule has 0 N–H and O–H groups in total. The van der Waals surface area contributed by atoms with E-state index >= 15 is 0 Å². The predicted octanol–water partition coefficient (Wildman–Crippen LogP) is 4.40. The van der Waals surface area contributed by atoms with Crippen molar-refractivity contribution in [2.75, 3.05) is 0 Å². The van der Waals surface area contributed by atoms with Gasteiger partial charge in [-0.05, 0) is 11.8 Å². The van der Waals surface area contributed by atoms with Crippen LogP contribution in [0.4, 0.5) is 0 Å². The van der Waals surface area contributed by atoms with Gasteiger partial charge in [-0.2, -0.15) is 0 Å². The van der Waals surface area contributed by atoms with Gasteiger partial charge in [-0.3, -0.25) is 0 Å². The second-order valence-electron chi connectivity index (χ2n) is 4.44. The number of hydrogen-bond acceptors (Lipinski definition) is 0. The largest absolute Gasteiger partial charge is 0.105 e. The Morgan fingerprint density at radius 3 is 2.00 bits per heavy atom. The molecule has 0 saturated carbocycles. The lowest BCUT2D eigenvalue weighted by Crippen LogP contribution is -2.08. The van der Waals surface area contributed by atoms with Crippen molar-refractivity contribution in [3.05, 3.63) is 0 Å². The quantitative estimate of drug-likeness (QED) is 0.384. The van der Waals surface area contributed by atoms with Gasteiger partial charge in [-0.25, -0.2) is 0 Å². The first-order valence-corrected chi connectivity index (χ1v) is 6.00. The van der Waals surface area contributed by atoms with Gasteiger partial charge in [0, 0.05) is 0 Å². The van der Waals surface area contributed by atoms with Gasteiger partial charge in [0.25, 0.3) is 0 Å². The molecule has 0 aliphatic rings. The van der Waals surface area contributed by atoms with Crippen LogP contribution in [0, 0.1) is 11.8 Å². The van der Waals surface area contributed by atoms with Gasteiger partial charge in [0.05, 0.1) is 0 Å². The highest BCUT2D eigenvalue weighted by Crippen LogP contribution is 2.22. The van der Waals surface area contributed by atoms with E-state index in [-0.39, 0.29) is 0 Å². The number of rotatable bonds is 8. The number of unbranched alkanes of at least 4 members (excludes halogenated alkanes) is 1. The Balaban J connectivity index is 3.38. The van der Waals surface area contributed by atoms with E-state index in [4.69, 9.17) is 0 Å². The van der Waals surface area contributed by atoms with Crippen LogP contribution in [0.5, 0.6) is 0 Å². The zero-order chi connectivity index (χ0) is 10.1. The second-order valence-corrected chi connectivity index (χ2v) is 4.44. The zero-order valence-electron chi connectivity index (χ0n) is 9.97. The first-order valence-electron chi connectivity index (χ1n) is 6.00. The molecule has 0 aliphatic heterocycles. The van der Waals surface area contributed by atoms with E-state index in [9.17, 15) is 0 Å². The highest BCUT2D eigenvalue weighted by molar-refractivity contribution is 6.33. The molecule has 0 rings (SSSR count). The van der Waals surface area contributed by atoms with E-state index in [0.29, 0.717) is 0 Å². The maximum Gasteiger partial charge on any atom is 0.105 e. The molecule has 1 heteroatoms. The van der Waals surface area contributed by atoms with Gasteiger partial charge in [0.15, 0.2) is 0 Å². The highest BCUT2D eigenvalue weighted by atomic mass is 14.2. The van der Waals surface area contributed by atoms with Crippen LogP contribution in [-0.2, 0) is 0 Å².